The fourth-order valence-corrected chi connectivity index (χ4v) is 3.38. The quantitative estimate of drug-likeness (QED) is 0.940. The van der Waals surface area contributed by atoms with E-state index in [0.717, 1.165) is 25.0 Å². The van der Waals surface area contributed by atoms with Crippen LogP contribution in [0.15, 0.2) is 34.9 Å². The molecule has 0 radical (unpaired) electrons. The molecule has 1 atom stereocenters. The Hall–Kier alpha value is -1.72. The summed E-state index contributed by atoms with van der Waals surface area (Å²) in [4.78, 5) is 4.46. The molecule has 116 valence electrons. The molecule has 1 aromatic heterocycles. The third kappa shape index (κ3) is 2.78. The average Bonchev–Trinajstić information content (AvgIpc) is 3.02. The van der Waals surface area contributed by atoms with Gasteiger partial charge in [0.05, 0.1) is 12.1 Å². The van der Waals surface area contributed by atoms with Crippen molar-refractivity contribution in [2.75, 3.05) is 6.61 Å². The summed E-state index contributed by atoms with van der Waals surface area (Å²) in [7, 11) is 0. The Balaban J connectivity index is 1.35. The van der Waals surface area contributed by atoms with Crippen molar-refractivity contribution in [3.05, 3.63) is 36.2 Å². The normalized spacial score (nSPS) is 23.4. The van der Waals surface area contributed by atoms with Crippen LogP contribution < -0.4 is 5.32 Å². The highest BCUT2D eigenvalue weighted by Crippen LogP contribution is 2.42. The van der Waals surface area contributed by atoms with Crippen LogP contribution in [0.1, 0.15) is 38.0 Å². The van der Waals surface area contributed by atoms with Crippen LogP contribution in [0.2, 0.25) is 0 Å². The lowest BCUT2D eigenvalue weighted by Crippen LogP contribution is -2.50. The first-order valence-corrected chi connectivity index (χ1v) is 8.08. The largest absolute Gasteiger partial charge is 0.375 e. The monoisotopic (exact) mass is 299 g/mol. The van der Waals surface area contributed by atoms with Gasteiger partial charge in [0.25, 0.3) is 0 Å². The maximum atomic E-state index is 5.95. The molecule has 0 amide bonds. The van der Waals surface area contributed by atoms with Crippen molar-refractivity contribution in [2.45, 2.75) is 50.3 Å². The second-order valence-electron chi connectivity index (χ2n) is 6.33. The fraction of sp³-hybridized carbons (Fsp3) is 0.529. The van der Waals surface area contributed by atoms with Crippen molar-refractivity contribution in [3.63, 3.8) is 0 Å². The van der Waals surface area contributed by atoms with Crippen LogP contribution >= 0.6 is 0 Å². The van der Waals surface area contributed by atoms with Crippen LogP contribution in [0, 0.1) is 0 Å². The van der Waals surface area contributed by atoms with Crippen LogP contribution in [-0.4, -0.2) is 28.4 Å². The van der Waals surface area contributed by atoms with Gasteiger partial charge in [0.1, 0.15) is 0 Å². The zero-order valence-corrected chi connectivity index (χ0v) is 12.6. The number of aromatic nitrogens is 2. The molecule has 5 heteroatoms. The Kier molecular flexibility index (Phi) is 3.68. The lowest BCUT2D eigenvalue weighted by atomic mass is 9.74. The average molecular weight is 299 g/mol. The van der Waals surface area contributed by atoms with Crippen molar-refractivity contribution >= 4 is 0 Å². The van der Waals surface area contributed by atoms with Crippen LogP contribution in [0.3, 0.4) is 0 Å². The summed E-state index contributed by atoms with van der Waals surface area (Å²) >= 11 is 0. The maximum Gasteiger partial charge on any atom is 0.240 e. The number of nitrogens with one attached hydrogen (secondary N) is 1. The van der Waals surface area contributed by atoms with E-state index < -0.39 is 0 Å². The minimum absolute atomic E-state index is 0.167. The molecule has 2 fully saturated rings. The van der Waals surface area contributed by atoms with Crippen molar-refractivity contribution in [2.24, 2.45) is 0 Å². The number of nitrogens with zero attached hydrogens (tertiary/aromatic N) is 2. The topological polar surface area (TPSA) is 60.2 Å². The number of rotatable bonds is 4. The number of hydrogen-bond acceptors (Lipinski definition) is 5. The van der Waals surface area contributed by atoms with Crippen molar-refractivity contribution in [1.29, 1.82) is 0 Å². The van der Waals surface area contributed by atoms with E-state index in [1.165, 1.54) is 19.3 Å². The first-order chi connectivity index (χ1) is 10.8. The van der Waals surface area contributed by atoms with Gasteiger partial charge >= 0.3 is 0 Å². The van der Waals surface area contributed by atoms with Gasteiger partial charge in [-0.05, 0) is 32.1 Å². The molecule has 2 aliphatic rings. The third-order valence-corrected chi connectivity index (χ3v) is 4.80. The molecule has 22 heavy (non-hydrogen) atoms. The highest BCUT2D eigenvalue weighted by molar-refractivity contribution is 5.53. The van der Waals surface area contributed by atoms with Gasteiger partial charge in [0, 0.05) is 18.2 Å². The Morgan fingerprint density at radius 3 is 2.86 bits per heavy atom. The summed E-state index contributed by atoms with van der Waals surface area (Å²) in [6.07, 6.45) is 5.89. The highest BCUT2D eigenvalue weighted by Gasteiger charge is 2.42. The van der Waals surface area contributed by atoms with Gasteiger partial charge in [0.2, 0.25) is 11.7 Å². The molecule has 1 aromatic carbocycles. The summed E-state index contributed by atoms with van der Waals surface area (Å²) in [6.45, 7) is 1.48. The predicted octanol–water partition coefficient (Wildman–Crippen LogP) is 2.93. The molecular formula is C17H21N3O2. The molecule has 5 nitrogen and oxygen atoms in total. The summed E-state index contributed by atoms with van der Waals surface area (Å²) in [6, 6.07) is 10.4. The van der Waals surface area contributed by atoms with E-state index in [9.17, 15) is 0 Å². The van der Waals surface area contributed by atoms with Gasteiger partial charge in [0.15, 0.2) is 0 Å². The fourth-order valence-electron chi connectivity index (χ4n) is 3.38. The molecule has 0 bridgehead atoms. The van der Waals surface area contributed by atoms with Gasteiger partial charge in [-0.1, -0.05) is 35.5 Å². The highest BCUT2D eigenvalue weighted by atomic mass is 16.5. The minimum atomic E-state index is 0.167. The van der Waals surface area contributed by atoms with E-state index >= 15 is 0 Å². The van der Waals surface area contributed by atoms with E-state index in [1.807, 2.05) is 30.3 Å². The van der Waals surface area contributed by atoms with Gasteiger partial charge in [-0.2, -0.15) is 4.98 Å². The molecule has 1 N–H and O–H groups in total. The van der Waals surface area contributed by atoms with Crippen LogP contribution in [0.5, 0.6) is 0 Å². The Labute approximate surface area is 130 Å². The summed E-state index contributed by atoms with van der Waals surface area (Å²) in [5.74, 6) is 1.30. The second-order valence-corrected chi connectivity index (χ2v) is 6.33. The molecule has 1 saturated carbocycles. The number of hydrogen-bond donors (Lipinski definition) is 1. The van der Waals surface area contributed by atoms with E-state index in [2.05, 4.69) is 15.5 Å². The SMILES string of the molecule is c1ccc(-c2noc(CNC3CCOC4(CCC4)C3)n2)cc1. The second kappa shape index (κ2) is 5.82. The number of ether oxygens (including phenoxy) is 1. The van der Waals surface area contributed by atoms with Crippen LogP contribution in [-0.2, 0) is 11.3 Å². The smallest absolute Gasteiger partial charge is 0.240 e. The maximum absolute atomic E-state index is 5.95. The molecule has 1 unspecified atom stereocenters. The summed E-state index contributed by atoms with van der Waals surface area (Å²) in [5, 5.41) is 7.61. The predicted molar refractivity (Wildman–Crippen MR) is 82.1 cm³/mol. The Morgan fingerprint density at radius 1 is 1.23 bits per heavy atom. The molecule has 1 spiro atoms. The summed E-state index contributed by atoms with van der Waals surface area (Å²) < 4.78 is 11.3. The minimum Gasteiger partial charge on any atom is -0.375 e. The first kappa shape index (κ1) is 13.9. The lowest BCUT2D eigenvalue weighted by molar-refractivity contribution is -0.135. The molecule has 2 aromatic rings. The molecule has 1 saturated heterocycles. The Morgan fingerprint density at radius 2 is 2.09 bits per heavy atom. The molecule has 2 heterocycles. The summed E-state index contributed by atoms with van der Waals surface area (Å²) in [5.41, 5.74) is 1.15. The van der Waals surface area contributed by atoms with E-state index in [-0.39, 0.29) is 5.60 Å². The lowest BCUT2D eigenvalue weighted by Gasteiger charge is -2.47. The van der Waals surface area contributed by atoms with Gasteiger partial charge in [-0.15, -0.1) is 0 Å². The van der Waals surface area contributed by atoms with E-state index in [0.29, 0.717) is 24.3 Å². The van der Waals surface area contributed by atoms with Gasteiger partial charge in [-0.25, -0.2) is 0 Å². The van der Waals surface area contributed by atoms with Gasteiger partial charge < -0.3 is 14.6 Å². The third-order valence-electron chi connectivity index (χ3n) is 4.80. The first-order valence-electron chi connectivity index (χ1n) is 8.08. The van der Waals surface area contributed by atoms with E-state index in [1.54, 1.807) is 0 Å². The molecule has 1 aliphatic heterocycles. The van der Waals surface area contributed by atoms with Crippen molar-refractivity contribution in [3.8, 4) is 11.4 Å². The number of benzene rings is 1. The zero-order valence-electron chi connectivity index (χ0n) is 12.6. The van der Waals surface area contributed by atoms with E-state index in [4.69, 9.17) is 9.26 Å². The zero-order chi connectivity index (χ0) is 14.8. The van der Waals surface area contributed by atoms with Crippen LogP contribution in [0.4, 0.5) is 0 Å². The van der Waals surface area contributed by atoms with Crippen molar-refractivity contribution in [1.82, 2.24) is 15.5 Å². The standard InChI is InChI=1S/C17H21N3O2/c1-2-5-13(6-3-1)16-19-15(22-20-16)12-18-14-7-10-21-17(11-14)8-4-9-17/h1-3,5-6,14,18H,4,7-12H2. The molecule has 4 rings (SSSR count). The Bertz CT molecular complexity index is 622. The van der Waals surface area contributed by atoms with Crippen LogP contribution in [0.25, 0.3) is 11.4 Å². The molecular weight excluding hydrogens is 278 g/mol. The molecule has 1 aliphatic carbocycles. The van der Waals surface area contributed by atoms with Gasteiger partial charge in [-0.3, -0.25) is 0 Å². The van der Waals surface area contributed by atoms with Crippen molar-refractivity contribution < 1.29 is 9.26 Å².